The monoisotopic (exact) mass is 250 g/mol. The number of carbonyl (C=O) groups excluding carboxylic acids is 2. The fourth-order valence-corrected chi connectivity index (χ4v) is 2.05. The van der Waals surface area contributed by atoms with E-state index in [9.17, 15) is 9.59 Å². The number of fused-ring (bicyclic) bond motifs is 1. The van der Waals surface area contributed by atoms with E-state index in [4.69, 9.17) is 0 Å². The van der Waals surface area contributed by atoms with Crippen molar-refractivity contribution in [1.29, 1.82) is 0 Å². The Hall–Kier alpha value is -2.62. The Labute approximate surface area is 109 Å². The maximum Gasteiger partial charge on any atom is 0.197 e. The summed E-state index contributed by atoms with van der Waals surface area (Å²) in [5.41, 5.74) is 1.49. The molecule has 0 amide bonds. The third-order valence-corrected chi connectivity index (χ3v) is 3.00. The average Bonchev–Trinajstić information content (AvgIpc) is 2.71. The van der Waals surface area contributed by atoms with E-state index in [2.05, 4.69) is 10.2 Å². The van der Waals surface area contributed by atoms with Crippen molar-refractivity contribution < 1.29 is 9.59 Å². The van der Waals surface area contributed by atoms with Gasteiger partial charge >= 0.3 is 0 Å². The number of rotatable bonds is 2. The van der Waals surface area contributed by atoms with Crippen LogP contribution < -0.4 is 0 Å². The molecule has 0 spiro atoms. The molecule has 1 aliphatic carbocycles. The minimum Gasteiger partial charge on any atom is -0.291 e. The molecule has 19 heavy (non-hydrogen) atoms. The molecule has 0 fully saturated rings. The van der Waals surface area contributed by atoms with Crippen molar-refractivity contribution >= 4 is 17.3 Å². The Balaban J connectivity index is 1.91. The molecule has 1 aliphatic rings. The molecule has 0 N–H and O–H groups in total. The fourth-order valence-electron chi connectivity index (χ4n) is 2.05. The van der Waals surface area contributed by atoms with Crippen LogP contribution in [-0.4, -0.2) is 17.6 Å². The van der Waals surface area contributed by atoms with Crippen LogP contribution in [0.3, 0.4) is 0 Å². The van der Waals surface area contributed by atoms with Crippen LogP contribution >= 0.6 is 0 Å². The first-order chi connectivity index (χ1) is 9.27. The van der Waals surface area contributed by atoms with Crippen molar-refractivity contribution in [2.75, 3.05) is 0 Å². The Morgan fingerprint density at radius 3 is 1.84 bits per heavy atom. The molecule has 4 heteroatoms. The lowest BCUT2D eigenvalue weighted by molar-refractivity contribution is 0.0891. The van der Waals surface area contributed by atoms with Crippen molar-refractivity contribution in [1.82, 2.24) is 0 Å². The van der Waals surface area contributed by atoms with Gasteiger partial charge in [-0.05, 0) is 12.1 Å². The lowest BCUT2D eigenvalue weighted by Gasteiger charge is -1.97. The highest BCUT2D eigenvalue weighted by Crippen LogP contribution is 2.25. The first-order valence-electron chi connectivity index (χ1n) is 5.91. The molecule has 0 unspecified atom stereocenters. The van der Waals surface area contributed by atoms with Gasteiger partial charge in [-0.3, -0.25) is 9.59 Å². The summed E-state index contributed by atoms with van der Waals surface area (Å²) in [7, 11) is 0. The average molecular weight is 250 g/mol. The highest BCUT2D eigenvalue weighted by molar-refractivity contribution is 6.29. The van der Waals surface area contributed by atoms with Crippen LogP contribution in [0.15, 0.2) is 64.8 Å². The van der Waals surface area contributed by atoms with Gasteiger partial charge in [0.05, 0.1) is 5.69 Å². The van der Waals surface area contributed by atoms with Crippen molar-refractivity contribution in [3.05, 3.63) is 65.7 Å². The van der Waals surface area contributed by atoms with Gasteiger partial charge in [-0.25, -0.2) is 0 Å². The van der Waals surface area contributed by atoms with Gasteiger partial charge in [0, 0.05) is 11.1 Å². The minimum absolute atomic E-state index is 0.278. The molecular formula is C15H10N2O2. The number of ketones is 2. The third kappa shape index (κ3) is 1.97. The third-order valence-electron chi connectivity index (χ3n) is 3.00. The van der Waals surface area contributed by atoms with E-state index in [0.717, 1.165) is 0 Å². The van der Waals surface area contributed by atoms with Crippen LogP contribution in [0.4, 0.5) is 5.69 Å². The van der Waals surface area contributed by atoms with Crippen LogP contribution in [0.2, 0.25) is 0 Å². The Bertz CT molecular complexity index is 643. The van der Waals surface area contributed by atoms with Gasteiger partial charge in [0.15, 0.2) is 17.6 Å². The van der Waals surface area contributed by atoms with Crippen LogP contribution in [0, 0.1) is 0 Å². The molecule has 0 heterocycles. The quantitative estimate of drug-likeness (QED) is 0.607. The van der Waals surface area contributed by atoms with Crippen LogP contribution in [0.5, 0.6) is 0 Å². The van der Waals surface area contributed by atoms with Crippen LogP contribution in [0.25, 0.3) is 0 Å². The highest BCUT2D eigenvalue weighted by atomic mass is 16.2. The summed E-state index contributed by atoms with van der Waals surface area (Å²) in [6.07, 6.45) is 0. The van der Waals surface area contributed by atoms with E-state index in [1.54, 1.807) is 36.4 Å². The second kappa shape index (κ2) is 4.57. The van der Waals surface area contributed by atoms with E-state index >= 15 is 0 Å². The van der Waals surface area contributed by atoms with Gasteiger partial charge in [-0.15, -0.1) is 0 Å². The molecule has 2 aromatic rings. The molecule has 0 atom stereocenters. The maximum absolute atomic E-state index is 12.1. The van der Waals surface area contributed by atoms with E-state index < -0.39 is 6.04 Å². The molecule has 0 aliphatic heterocycles. The smallest absolute Gasteiger partial charge is 0.197 e. The number of azo groups is 1. The number of carbonyl (C=O) groups is 2. The molecule has 0 radical (unpaired) electrons. The summed E-state index contributed by atoms with van der Waals surface area (Å²) < 4.78 is 0. The predicted octanol–water partition coefficient (Wildman–Crippen LogP) is 3.22. The van der Waals surface area contributed by atoms with Gasteiger partial charge in [0.2, 0.25) is 0 Å². The summed E-state index contributed by atoms with van der Waals surface area (Å²) in [6.45, 7) is 0. The van der Waals surface area contributed by atoms with Crippen LogP contribution in [-0.2, 0) is 0 Å². The zero-order chi connectivity index (χ0) is 13.2. The van der Waals surface area contributed by atoms with E-state index in [0.29, 0.717) is 16.8 Å². The van der Waals surface area contributed by atoms with Crippen LogP contribution in [0.1, 0.15) is 20.7 Å². The molecule has 0 aromatic heterocycles. The van der Waals surface area contributed by atoms with Gasteiger partial charge in [0.1, 0.15) is 0 Å². The van der Waals surface area contributed by atoms with E-state index in [1.807, 2.05) is 18.2 Å². The van der Waals surface area contributed by atoms with E-state index in [-0.39, 0.29) is 11.6 Å². The molecule has 4 nitrogen and oxygen atoms in total. The second-order valence-corrected chi connectivity index (χ2v) is 4.23. The Morgan fingerprint density at radius 2 is 1.26 bits per heavy atom. The summed E-state index contributed by atoms with van der Waals surface area (Å²) in [6, 6.07) is 14.8. The Morgan fingerprint density at radius 1 is 0.737 bits per heavy atom. The van der Waals surface area contributed by atoms with Crippen molar-refractivity contribution in [3.8, 4) is 0 Å². The zero-order valence-electron chi connectivity index (χ0n) is 9.98. The number of benzene rings is 2. The molecule has 3 rings (SSSR count). The lowest BCUT2D eigenvalue weighted by atomic mass is 10.1. The standard InChI is InChI=1S/C15H10N2O2/c18-14-11-8-4-5-9-12(11)15(19)13(14)17-16-10-6-2-1-3-7-10/h1-9,13H. The van der Waals surface area contributed by atoms with Crippen molar-refractivity contribution in [2.45, 2.75) is 6.04 Å². The summed E-state index contributed by atoms with van der Waals surface area (Å²) in [5, 5.41) is 7.85. The fraction of sp³-hybridized carbons (Fsp3) is 0.0667. The number of nitrogens with zero attached hydrogens (tertiary/aromatic N) is 2. The van der Waals surface area contributed by atoms with Gasteiger partial charge in [-0.2, -0.15) is 10.2 Å². The topological polar surface area (TPSA) is 58.9 Å². The Kier molecular flexibility index (Phi) is 2.76. The molecule has 0 saturated carbocycles. The van der Waals surface area contributed by atoms with Gasteiger partial charge < -0.3 is 0 Å². The van der Waals surface area contributed by atoms with Gasteiger partial charge in [-0.1, -0.05) is 42.5 Å². The first-order valence-corrected chi connectivity index (χ1v) is 5.91. The zero-order valence-corrected chi connectivity index (χ0v) is 9.98. The maximum atomic E-state index is 12.1. The number of hydrogen-bond acceptors (Lipinski definition) is 4. The first kappa shape index (κ1) is 11.5. The molecule has 2 aromatic carbocycles. The molecular weight excluding hydrogens is 240 g/mol. The summed E-state index contributed by atoms with van der Waals surface area (Å²) in [5.74, 6) is -0.555. The highest BCUT2D eigenvalue weighted by Gasteiger charge is 2.38. The summed E-state index contributed by atoms with van der Waals surface area (Å²) >= 11 is 0. The largest absolute Gasteiger partial charge is 0.291 e. The second-order valence-electron chi connectivity index (χ2n) is 4.23. The predicted molar refractivity (Wildman–Crippen MR) is 69.8 cm³/mol. The molecule has 0 saturated heterocycles. The lowest BCUT2D eigenvalue weighted by Crippen LogP contribution is -2.18. The van der Waals surface area contributed by atoms with Crippen molar-refractivity contribution in [3.63, 3.8) is 0 Å². The van der Waals surface area contributed by atoms with E-state index in [1.165, 1.54) is 0 Å². The number of Topliss-reactive ketones (excluding diaryl/α,β-unsaturated/α-hetero) is 2. The molecule has 0 bridgehead atoms. The van der Waals surface area contributed by atoms with Gasteiger partial charge in [0.25, 0.3) is 0 Å². The minimum atomic E-state index is -1.03. The van der Waals surface area contributed by atoms with Crippen molar-refractivity contribution in [2.24, 2.45) is 10.2 Å². The summed E-state index contributed by atoms with van der Waals surface area (Å²) in [4.78, 5) is 24.1. The molecule has 92 valence electrons. The normalized spacial score (nSPS) is 15.2. The SMILES string of the molecule is O=C1c2ccccc2C(=O)C1N=Nc1ccccc1. The number of hydrogen-bond donors (Lipinski definition) is 0.